The number of nitrogens with one attached hydrogen (secondary N) is 2. The van der Waals surface area contributed by atoms with Gasteiger partial charge >= 0.3 is 12.0 Å². The summed E-state index contributed by atoms with van der Waals surface area (Å²) in [6.07, 6.45) is 2.07. The van der Waals surface area contributed by atoms with Gasteiger partial charge in [-0.25, -0.2) is 9.59 Å². The smallest absolute Gasteiger partial charge is 0.326 e. The van der Waals surface area contributed by atoms with Crippen molar-refractivity contribution in [2.75, 3.05) is 5.32 Å². The quantitative estimate of drug-likeness (QED) is 0.779. The summed E-state index contributed by atoms with van der Waals surface area (Å²) in [4.78, 5) is 23.1. The van der Waals surface area contributed by atoms with E-state index in [0.29, 0.717) is 5.69 Å². The van der Waals surface area contributed by atoms with Gasteiger partial charge in [-0.1, -0.05) is 46.2 Å². The first-order valence-electron chi connectivity index (χ1n) is 7.13. The molecule has 2 amide bonds. The molecule has 1 aromatic rings. The van der Waals surface area contributed by atoms with Crippen LogP contribution in [-0.2, 0) is 11.2 Å². The highest BCUT2D eigenvalue weighted by Crippen LogP contribution is 2.19. The Labute approximate surface area is 125 Å². The van der Waals surface area contributed by atoms with Crippen molar-refractivity contribution >= 4 is 17.7 Å². The van der Waals surface area contributed by atoms with Gasteiger partial charge < -0.3 is 15.7 Å². The van der Waals surface area contributed by atoms with Crippen molar-refractivity contribution in [3.05, 3.63) is 29.8 Å². The van der Waals surface area contributed by atoms with E-state index in [-0.39, 0.29) is 0 Å². The minimum atomic E-state index is -1.05. The molecule has 0 heterocycles. The Morgan fingerprint density at radius 3 is 2.19 bits per heavy atom. The summed E-state index contributed by atoms with van der Waals surface area (Å²) >= 11 is 0. The fourth-order valence-electron chi connectivity index (χ4n) is 1.99. The molecule has 3 N–H and O–H groups in total. The number of anilines is 1. The molecule has 0 aliphatic heterocycles. The summed E-state index contributed by atoms with van der Waals surface area (Å²) in [5.74, 6) is -1.05. The third kappa shape index (κ3) is 5.45. The predicted octanol–water partition coefficient (Wildman–Crippen LogP) is 3.26. The van der Waals surface area contributed by atoms with Gasteiger partial charge in [-0.2, -0.15) is 0 Å². The van der Waals surface area contributed by atoms with Gasteiger partial charge in [0, 0.05) is 5.69 Å². The standard InChI is InChI=1S/C16H24N2O3/c1-5-6-11-7-9-12(10-8-11)17-15(21)18-13(14(19)20)16(2,3)4/h7-10,13H,5-6H2,1-4H3,(H,19,20)(H2,17,18,21)/t13-/m0/s1. The number of amides is 2. The molecular formula is C16H24N2O3. The number of aryl methyl sites for hydroxylation is 1. The fraction of sp³-hybridized carbons (Fsp3) is 0.500. The van der Waals surface area contributed by atoms with Crippen molar-refractivity contribution in [1.82, 2.24) is 5.32 Å². The molecule has 116 valence electrons. The number of hydrogen-bond acceptors (Lipinski definition) is 2. The first-order chi connectivity index (χ1) is 9.74. The second-order valence-corrected chi connectivity index (χ2v) is 6.18. The molecule has 1 aromatic carbocycles. The number of benzene rings is 1. The van der Waals surface area contributed by atoms with Gasteiger partial charge in [0.15, 0.2) is 0 Å². The largest absolute Gasteiger partial charge is 0.480 e. The van der Waals surface area contributed by atoms with E-state index < -0.39 is 23.5 Å². The van der Waals surface area contributed by atoms with Gasteiger partial charge in [0.25, 0.3) is 0 Å². The lowest BCUT2D eigenvalue weighted by molar-refractivity contribution is -0.141. The number of carbonyl (C=O) groups is 2. The van der Waals surface area contributed by atoms with Crippen LogP contribution in [0, 0.1) is 5.41 Å². The summed E-state index contributed by atoms with van der Waals surface area (Å²) < 4.78 is 0. The molecule has 1 rings (SSSR count). The number of aliphatic carboxylic acids is 1. The van der Waals surface area contributed by atoms with Crippen LogP contribution in [-0.4, -0.2) is 23.1 Å². The highest BCUT2D eigenvalue weighted by Gasteiger charge is 2.32. The molecule has 0 radical (unpaired) electrons. The van der Waals surface area contributed by atoms with Crippen LogP contribution in [0.3, 0.4) is 0 Å². The van der Waals surface area contributed by atoms with Crippen LogP contribution in [0.25, 0.3) is 0 Å². The number of carbonyl (C=O) groups excluding carboxylic acids is 1. The van der Waals surface area contributed by atoms with Crippen LogP contribution in [0.5, 0.6) is 0 Å². The van der Waals surface area contributed by atoms with Crippen molar-refractivity contribution in [2.45, 2.75) is 46.6 Å². The molecule has 1 atom stereocenters. The van der Waals surface area contributed by atoms with E-state index in [9.17, 15) is 14.7 Å². The van der Waals surface area contributed by atoms with Crippen molar-refractivity contribution < 1.29 is 14.7 Å². The van der Waals surface area contributed by atoms with Gasteiger partial charge in [-0.3, -0.25) is 0 Å². The Bertz CT molecular complexity index is 489. The van der Waals surface area contributed by atoms with E-state index in [1.165, 1.54) is 5.56 Å². The van der Waals surface area contributed by atoms with E-state index >= 15 is 0 Å². The SMILES string of the molecule is CCCc1ccc(NC(=O)N[C@@H](C(=O)O)C(C)(C)C)cc1. The van der Waals surface area contributed by atoms with E-state index in [1.54, 1.807) is 20.8 Å². The Morgan fingerprint density at radius 1 is 1.19 bits per heavy atom. The monoisotopic (exact) mass is 292 g/mol. The molecule has 0 saturated carbocycles. The van der Waals surface area contributed by atoms with E-state index in [0.717, 1.165) is 12.8 Å². The van der Waals surface area contributed by atoms with Gasteiger partial charge in [0.2, 0.25) is 0 Å². The van der Waals surface area contributed by atoms with Crippen LogP contribution in [0.4, 0.5) is 10.5 Å². The number of rotatable bonds is 5. The molecule has 0 saturated heterocycles. The number of hydrogen-bond donors (Lipinski definition) is 3. The Kier molecular flexibility index (Phi) is 5.76. The minimum absolute atomic E-state index is 0.513. The molecule has 0 aromatic heterocycles. The van der Waals surface area contributed by atoms with Gasteiger partial charge in [-0.15, -0.1) is 0 Å². The average Bonchev–Trinajstić information content (AvgIpc) is 2.37. The van der Waals surface area contributed by atoms with Crippen LogP contribution >= 0.6 is 0 Å². The summed E-state index contributed by atoms with van der Waals surface area (Å²) in [6, 6.07) is 6.08. The third-order valence-corrected chi connectivity index (χ3v) is 3.14. The van der Waals surface area contributed by atoms with Crippen LogP contribution in [0.15, 0.2) is 24.3 Å². The first kappa shape index (κ1) is 17.0. The Balaban J connectivity index is 2.66. The Hall–Kier alpha value is -2.04. The van der Waals surface area contributed by atoms with Crippen LogP contribution < -0.4 is 10.6 Å². The van der Waals surface area contributed by atoms with Crippen molar-refractivity contribution in [2.24, 2.45) is 5.41 Å². The first-order valence-corrected chi connectivity index (χ1v) is 7.13. The summed E-state index contributed by atoms with van der Waals surface area (Å²) in [5, 5.41) is 14.3. The zero-order valence-corrected chi connectivity index (χ0v) is 13.1. The molecule has 0 unspecified atom stereocenters. The lowest BCUT2D eigenvalue weighted by Crippen LogP contribution is -2.50. The number of carboxylic acids is 1. The van der Waals surface area contributed by atoms with E-state index in [4.69, 9.17) is 0 Å². The number of carboxylic acid groups (broad SMARTS) is 1. The molecule has 0 aliphatic carbocycles. The van der Waals surface area contributed by atoms with Gasteiger partial charge in [-0.05, 0) is 29.5 Å². The lowest BCUT2D eigenvalue weighted by atomic mass is 9.87. The average molecular weight is 292 g/mol. The van der Waals surface area contributed by atoms with Crippen molar-refractivity contribution in [3.8, 4) is 0 Å². The molecule has 0 fully saturated rings. The molecule has 5 heteroatoms. The minimum Gasteiger partial charge on any atom is -0.480 e. The van der Waals surface area contributed by atoms with E-state index in [2.05, 4.69) is 17.6 Å². The number of urea groups is 1. The molecule has 5 nitrogen and oxygen atoms in total. The summed E-state index contributed by atoms with van der Waals surface area (Å²) in [5.41, 5.74) is 1.29. The van der Waals surface area contributed by atoms with Crippen LogP contribution in [0.2, 0.25) is 0 Å². The second-order valence-electron chi connectivity index (χ2n) is 6.18. The van der Waals surface area contributed by atoms with E-state index in [1.807, 2.05) is 24.3 Å². The molecule has 21 heavy (non-hydrogen) atoms. The summed E-state index contributed by atoms with van der Waals surface area (Å²) in [7, 11) is 0. The maximum Gasteiger partial charge on any atom is 0.326 e. The predicted molar refractivity (Wildman–Crippen MR) is 83.5 cm³/mol. The Morgan fingerprint density at radius 2 is 1.76 bits per heavy atom. The fourth-order valence-corrected chi connectivity index (χ4v) is 1.99. The second kappa shape index (κ2) is 7.11. The molecule has 0 spiro atoms. The zero-order chi connectivity index (χ0) is 16.0. The maximum absolute atomic E-state index is 11.9. The van der Waals surface area contributed by atoms with Crippen LogP contribution in [0.1, 0.15) is 39.7 Å². The molecule has 0 bridgehead atoms. The highest BCUT2D eigenvalue weighted by atomic mass is 16.4. The third-order valence-electron chi connectivity index (χ3n) is 3.14. The van der Waals surface area contributed by atoms with Gasteiger partial charge in [0.1, 0.15) is 6.04 Å². The van der Waals surface area contributed by atoms with Gasteiger partial charge in [0.05, 0.1) is 0 Å². The molecular weight excluding hydrogens is 268 g/mol. The maximum atomic E-state index is 11.9. The van der Waals surface area contributed by atoms with Crippen molar-refractivity contribution in [1.29, 1.82) is 0 Å². The zero-order valence-electron chi connectivity index (χ0n) is 13.1. The molecule has 0 aliphatic rings. The summed E-state index contributed by atoms with van der Waals surface area (Å²) in [6.45, 7) is 7.42. The normalized spacial score (nSPS) is 12.6. The van der Waals surface area contributed by atoms with Crippen molar-refractivity contribution in [3.63, 3.8) is 0 Å². The topological polar surface area (TPSA) is 78.4 Å². The highest BCUT2D eigenvalue weighted by molar-refractivity contribution is 5.92. The lowest BCUT2D eigenvalue weighted by Gasteiger charge is -2.27.